The summed E-state index contributed by atoms with van der Waals surface area (Å²) in [4.78, 5) is 53.8. The van der Waals surface area contributed by atoms with Gasteiger partial charge in [0.2, 0.25) is 0 Å². The number of carbonyl (C=O) groups is 2. The van der Waals surface area contributed by atoms with Crippen molar-refractivity contribution < 1.29 is 9.59 Å². The zero-order valence-corrected chi connectivity index (χ0v) is 40.1. The van der Waals surface area contributed by atoms with Crippen molar-refractivity contribution in [3.8, 4) is 21.7 Å². The lowest BCUT2D eigenvalue weighted by Gasteiger charge is -2.16. The number of thiazole rings is 2. The van der Waals surface area contributed by atoms with E-state index in [4.69, 9.17) is 20.0 Å². The Morgan fingerprint density at radius 1 is 0.507 bits per heavy atom. The topological polar surface area (TPSA) is 124 Å². The number of nitrogens with one attached hydrogen (secondary N) is 3. The van der Waals surface area contributed by atoms with Gasteiger partial charge in [0.25, 0.3) is 11.8 Å². The lowest BCUT2D eigenvalue weighted by Crippen LogP contribution is -2.31. The van der Waals surface area contributed by atoms with Gasteiger partial charge < -0.3 is 15.6 Å². The molecule has 0 saturated carbocycles. The number of hydrogen-bond acceptors (Lipinski definition) is 7. The Morgan fingerprint density at radius 2 is 0.985 bits per heavy atom. The molecule has 1 aliphatic rings. The Hall–Kier alpha value is -7.60. The third kappa shape index (κ3) is 8.00. The van der Waals surface area contributed by atoms with Crippen LogP contribution in [0, 0.1) is 55.4 Å². The van der Waals surface area contributed by atoms with E-state index in [0.717, 1.165) is 92.2 Å². The van der Waals surface area contributed by atoms with Crippen molar-refractivity contribution in [1.29, 1.82) is 0 Å². The van der Waals surface area contributed by atoms with E-state index in [2.05, 4.69) is 93.6 Å². The highest BCUT2D eigenvalue weighted by atomic mass is 32.1. The van der Waals surface area contributed by atoms with Crippen molar-refractivity contribution >= 4 is 89.4 Å². The van der Waals surface area contributed by atoms with Gasteiger partial charge in [0.05, 0.1) is 31.6 Å². The predicted octanol–water partition coefficient (Wildman–Crippen LogP) is 13.8. The van der Waals surface area contributed by atoms with Crippen molar-refractivity contribution in [3.63, 3.8) is 0 Å². The minimum absolute atomic E-state index is 0.269. The largest absolute Gasteiger partial charge is 0.325 e. The van der Waals surface area contributed by atoms with Crippen LogP contribution in [0.25, 0.3) is 53.3 Å². The monoisotopic (exact) mass is 913 g/mol. The summed E-state index contributed by atoms with van der Waals surface area (Å²) in [5.41, 5.74) is 15.6. The standard InChI is InChI=1S/C56H47N7O2S2/c1-29-25-33(5)43(34(6)26-29)45-47(55-57-39-21-13-15-23-41(39)66-55)51(62-53(64)37-19-11-9-17-31(37)3)60-49(45)59-50-46(44-35(7)27-30(2)28-36(44)8)48(56-58-40-22-14-16-24-42(40)67-56)52(61-50)63-54(65)38-20-12-10-18-32(38)4/h9-28,60H,1-8H3,(H,62,64)(H,59,61,63,65). The van der Waals surface area contributed by atoms with Crippen LogP contribution in [0.1, 0.15) is 75.8 Å². The number of nitrogens with zero attached hydrogens (tertiary/aromatic N) is 4. The van der Waals surface area contributed by atoms with Crippen LogP contribution in [-0.4, -0.2) is 38.4 Å². The van der Waals surface area contributed by atoms with Gasteiger partial charge in [-0.2, -0.15) is 0 Å². The second-order valence-electron chi connectivity index (χ2n) is 17.3. The minimum atomic E-state index is -0.292. The van der Waals surface area contributed by atoms with Crippen LogP contribution in [-0.2, 0) is 0 Å². The molecule has 0 radical (unpaired) electrons. The van der Waals surface area contributed by atoms with Gasteiger partial charge in [0.1, 0.15) is 27.5 Å². The molecule has 11 heteroatoms. The van der Waals surface area contributed by atoms with Crippen molar-refractivity contribution in [1.82, 2.24) is 20.3 Å². The molecule has 0 bridgehead atoms. The molecule has 4 heterocycles. The number of amidine groups is 2. The molecule has 6 aromatic carbocycles. The highest BCUT2D eigenvalue weighted by Crippen LogP contribution is 2.50. The average Bonchev–Trinajstić information content (AvgIpc) is 4.06. The van der Waals surface area contributed by atoms with Crippen LogP contribution in [0.3, 0.4) is 0 Å². The molecule has 3 N–H and O–H groups in total. The maximum Gasteiger partial charge on any atom is 0.257 e. The Bertz CT molecular complexity index is 3510. The fraction of sp³-hybridized carbons (Fsp3) is 0.143. The normalized spacial score (nSPS) is 13.3. The van der Waals surface area contributed by atoms with Crippen molar-refractivity contribution in [2.45, 2.75) is 55.4 Å². The number of H-pyrrole nitrogens is 1. The lowest BCUT2D eigenvalue weighted by molar-refractivity contribution is 0.0975. The van der Waals surface area contributed by atoms with Crippen molar-refractivity contribution in [2.24, 2.45) is 9.98 Å². The maximum atomic E-state index is 14.4. The molecule has 1 aliphatic heterocycles. The van der Waals surface area contributed by atoms with Crippen LogP contribution >= 0.6 is 22.7 Å². The van der Waals surface area contributed by atoms with Crippen LogP contribution in [0.5, 0.6) is 0 Å². The highest BCUT2D eigenvalue weighted by molar-refractivity contribution is 7.21. The van der Waals surface area contributed by atoms with Gasteiger partial charge in [-0.05, 0) is 136 Å². The molecule has 67 heavy (non-hydrogen) atoms. The molecule has 9 aromatic rings. The van der Waals surface area contributed by atoms with E-state index < -0.39 is 0 Å². The fourth-order valence-corrected chi connectivity index (χ4v) is 11.5. The smallest absolute Gasteiger partial charge is 0.257 e. The maximum absolute atomic E-state index is 14.4. The van der Waals surface area contributed by atoms with E-state index >= 15 is 0 Å². The van der Waals surface area contributed by atoms with Gasteiger partial charge in [-0.25, -0.2) is 20.0 Å². The van der Waals surface area contributed by atoms with Gasteiger partial charge in [0.15, 0.2) is 5.84 Å². The van der Waals surface area contributed by atoms with E-state index in [9.17, 15) is 9.59 Å². The summed E-state index contributed by atoms with van der Waals surface area (Å²) in [6.07, 6.45) is 0. The molecule has 9 nitrogen and oxygen atoms in total. The number of rotatable bonds is 8. The fourth-order valence-electron chi connectivity index (χ4n) is 9.41. The molecule has 0 saturated heterocycles. The Morgan fingerprint density at radius 3 is 1.54 bits per heavy atom. The molecule has 2 amide bonds. The summed E-state index contributed by atoms with van der Waals surface area (Å²) in [6, 6.07) is 39.8. The lowest BCUT2D eigenvalue weighted by atomic mass is 9.90. The second kappa shape index (κ2) is 17.3. The zero-order chi connectivity index (χ0) is 46.7. The number of carbonyl (C=O) groups excluding carboxylic acids is 2. The summed E-state index contributed by atoms with van der Waals surface area (Å²) in [6.45, 7) is 16.5. The quantitative estimate of drug-likeness (QED) is 0.140. The summed E-state index contributed by atoms with van der Waals surface area (Å²) in [7, 11) is 0. The minimum Gasteiger partial charge on any atom is -0.325 e. The van der Waals surface area contributed by atoms with E-state index in [1.54, 1.807) is 22.7 Å². The first kappa shape index (κ1) is 43.3. The van der Waals surface area contributed by atoms with Gasteiger partial charge in [-0.15, -0.1) is 22.7 Å². The third-order valence-electron chi connectivity index (χ3n) is 12.2. The first-order chi connectivity index (χ1) is 32.3. The number of benzene rings is 6. The van der Waals surface area contributed by atoms with E-state index in [0.29, 0.717) is 50.6 Å². The van der Waals surface area contributed by atoms with E-state index in [1.807, 2.05) is 98.8 Å². The molecular formula is C56H47N7O2S2. The predicted molar refractivity (Wildman–Crippen MR) is 278 cm³/mol. The van der Waals surface area contributed by atoms with Crippen molar-refractivity contribution in [3.05, 3.63) is 188 Å². The average molecular weight is 914 g/mol. The van der Waals surface area contributed by atoms with Gasteiger partial charge >= 0.3 is 0 Å². The molecule has 0 aliphatic carbocycles. The highest BCUT2D eigenvalue weighted by Gasteiger charge is 2.35. The van der Waals surface area contributed by atoms with E-state index in [1.165, 1.54) is 0 Å². The number of aliphatic imine (C=N–C) groups is 2. The molecule has 330 valence electrons. The molecule has 0 fully saturated rings. The van der Waals surface area contributed by atoms with Crippen LogP contribution < -0.4 is 10.6 Å². The molecule has 0 spiro atoms. The van der Waals surface area contributed by atoms with E-state index in [-0.39, 0.29) is 11.8 Å². The molecule has 3 aromatic heterocycles. The summed E-state index contributed by atoms with van der Waals surface area (Å²) in [5.74, 6) is 1.08. The SMILES string of the molecule is Cc1cc(C)c(C2=C(c3nc4ccccc4s3)C(NC(=O)c3ccccc3C)=NC2=Nc2[nH]c(NC(=O)c3ccccc3C)c(-c3nc4ccccc4s3)c2-c2c(C)cc(C)cc2C)c(C)c1. The number of aromatic amines is 1. The van der Waals surface area contributed by atoms with Gasteiger partial charge in [-0.3, -0.25) is 9.59 Å². The summed E-state index contributed by atoms with van der Waals surface area (Å²) in [5, 5.41) is 7.93. The number of fused-ring (bicyclic) bond motifs is 2. The zero-order valence-electron chi connectivity index (χ0n) is 38.5. The number of aryl methyl sites for hydroxylation is 8. The molecule has 0 unspecified atom stereocenters. The summed E-state index contributed by atoms with van der Waals surface area (Å²) < 4.78 is 2.01. The van der Waals surface area contributed by atoms with Gasteiger partial charge in [-0.1, -0.05) is 96.1 Å². The molecular weight excluding hydrogens is 867 g/mol. The number of aromatic nitrogens is 3. The van der Waals surface area contributed by atoms with Crippen LogP contribution in [0.2, 0.25) is 0 Å². The first-order valence-electron chi connectivity index (χ1n) is 22.1. The molecule has 10 rings (SSSR count). The van der Waals surface area contributed by atoms with Crippen LogP contribution in [0.15, 0.2) is 131 Å². The summed E-state index contributed by atoms with van der Waals surface area (Å²) >= 11 is 3.10. The van der Waals surface area contributed by atoms with Crippen LogP contribution in [0.4, 0.5) is 11.6 Å². The second-order valence-corrected chi connectivity index (χ2v) is 19.4. The first-order valence-corrected chi connectivity index (χ1v) is 23.8. The van der Waals surface area contributed by atoms with Crippen molar-refractivity contribution in [2.75, 3.05) is 5.32 Å². The Kier molecular flexibility index (Phi) is 11.2. The number of amides is 2. The number of anilines is 1. The number of para-hydroxylation sites is 2. The third-order valence-corrected chi connectivity index (χ3v) is 14.4. The molecule has 0 atom stereocenters. The van der Waals surface area contributed by atoms with Gasteiger partial charge in [0, 0.05) is 22.3 Å². The Balaban J connectivity index is 1.30. The Labute approximate surface area is 397 Å². The number of hydrogen-bond donors (Lipinski definition) is 3.